The largest absolute Gasteiger partial charge is 0.378 e. The third-order valence-corrected chi connectivity index (χ3v) is 6.61. The maximum absolute atomic E-state index is 12.8. The Balaban J connectivity index is 1.56. The van der Waals surface area contributed by atoms with Crippen molar-refractivity contribution < 1.29 is 22.3 Å². The van der Waals surface area contributed by atoms with Crippen molar-refractivity contribution in [2.75, 3.05) is 0 Å². The number of amides is 1. The van der Waals surface area contributed by atoms with E-state index in [2.05, 4.69) is 26.5 Å². The van der Waals surface area contributed by atoms with E-state index in [0.717, 1.165) is 6.07 Å². The highest BCUT2D eigenvalue weighted by Gasteiger charge is 2.21. The molecule has 0 saturated heterocycles. The number of non-ortho nitro benzene ring substituents is 1. The summed E-state index contributed by atoms with van der Waals surface area (Å²) in [7, 11) is -4.39. The monoisotopic (exact) mass is 568 g/mol. The van der Waals surface area contributed by atoms with Crippen molar-refractivity contribution in [3.05, 3.63) is 117 Å². The minimum Gasteiger partial charge on any atom is -0.378 e. The van der Waals surface area contributed by atoms with E-state index in [0.29, 0.717) is 15.7 Å². The van der Waals surface area contributed by atoms with Crippen molar-refractivity contribution in [3.63, 3.8) is 0 Å². The Morgan fingerprint density at radius 1 is 1.03 bits per heavy atom. The van der Waals surface area contributed by atoms with E-state index in [1.54, 1.807) is 34.9 Å². The van der Waals surface area contributed by atoms with Gasteiger partial charge in [0.25, 0.3) is 11.6 Å². The van der Waals surface area contributed by atoms with Gasteiger partial charge in [0.05, 0.1) is 22.4 Å². The van der Waals surface area contributed by atoms with Gasteiger partial charge in [-0.2, -0.15) is 13.5 Å². The molecule has 0 spiro atoms. The van der Waals surface area contributed by atoms with Gasteiger partial charge in [-0.25, -0.2) is 5.43 Å². The quantitative estimate of drug-likeness (QED) is 0.142. The molecule has 36 heavy (non-hydrogen) atoms. The van der Waals surface area contributed by atoms with Crippen molar-refractivity contribution in [1.29, 1.82) is 0 Å². The molecular weight excluding hydrogens is 552 g/mol. The number of hydrazone groups is 1. The fourth-order valence-electron chi connectivity index (χ4n) is 3.22. The van der Waals surface area contributed by atoms with Gasteiger partial charge < -0.3 is 8.75 Å². The first-order valence-electron chi connectivity index (χ1n) is 10.3. The average molecular weight is 569 g/mol. The Morgan fingerprint density at radius 3 is 2.53 bits per heavy atom. The number of carbonyl (C=O) groups is 1. The molecule has 0 unspecified atom stereocenters. The van der Waals surface area contributed by atoms with Gasteiger partial charge in [-0.05, 0) is 48.5 Å². The molecule has 12 heteroatoms. The molecule has 0 aliphatic rings. The van der Waals surface area contributed by atoms with Crippen molar-refractivity contribution >= 4 is 43.9 Å². The molecule has 10 nitrogen and oxygen atoms in total. The van der Waals surface area contributed by atoms with E-state index >= 15 is 0 Å². The summed E-state index contributed by atoms with van der Waals surface area (Å²) in [5.41, 5.74) is 3.31. The SMILES string of the molecule is O=C(N/N=C\c1cc(Br)ccc1OS(=O)(=O)c1cccc([N+](=O)[O-])c1)c1ccccc1-n1cccc1. The topological polar surface area (TPSA) is 133 Å². The number of benzene rings is 3. The second-order valence-electron chi connectivity index (χ2n) is 7.28. The lowest BCUT2D eigenvalue weighted by molar-refractivity contribution is -0.385. The zero-order chi connectivity index (χ0) is 25.7. The summed E-state index contributed by atoms with van der Waals surface area (Å²) >= 11 is 3.30. The molecule has 4 aromatic rings. The predicted molar refractivity (Wildman–Crippen MR) is 136 cm³/mol. The minimum absolute atomic E-state index is 0.0875. The number of aromatic nitrogens is 1. The zero-order valence-electron chi connectivity index (χ0n) is 18.3. The minimum atomic E-state index is -4.39. The molecule has 0 saturated carbocycles. The van der Waals surface area contributed by atoms with Crippen LogP contribution in [0.25, 0.3) is 5.69 Å². The number of hydrogen-bond acceptors (Lipinski definition) is 7. The van der Waals surface area contributed by atoms with Crippen LogP contribution in [0.5, 0.6) is 5.75 Å². The van der Waals surface area contributed by atoms with Crippen molar-refractivity contribution in [3.8, 4) is 11.4 Å². The van der Waals surface area contributed by atoms with Crippen LogP contribution in [0.3, 0.4) is 0 Å². The third-order valence-electron chi connectivity index (χ3n) is 4.89. The first-order chi connectivity index (χ1) is 17.2. The molecule has 0 radical (unpaired) electrons. The average Bonchev–Trinajstić information content (AvgIpc) is 3.40. The van der Waals surface area contributed by atoms with Crippen molar-refractivity contribution in [2.24, 2.45) is 5.10 Å². The van der Waals surface area contributed by atoms with Crippen molar-refractivity contribution in [1.82, 2.24) is 9.99 Å². The molecule has 1 heterocycles. The maximum atomic E-state index is 12.8. The number of carbonyl (C=O) groups excluding carboxylic acids is 1. The molecule has 0 bridgehead atoms. The molecule has 1 N–H and O–H groups in total. The fourth-order valence-corrected chi connectivity index (χ4v) is 4.60. The number of nitrogens with zero attached hydrogens (tertiary/aromatic N) is 3. The second-order valence-corrected chi connectivity index (χ2v) is 9.74. The lowest BCUT2D eigenvalue weighted by Crippen LogP contribution is -2.19. The molecule has 0 aliphatic carbocycles. The molecule has 4 rings (SSSR count). The van der Waals surface area contributed by atoms with E-state index in [9.17, 15) is 23.3 Å². The van der Waals surface area contributed by atoms with E-state index in [1.807, 2.05) is 30.6 Å². The fraction of sp³-hybridized carbons (Fsp3) is 0. The Bertz CT molecular complexity index is 1570. The highest BCUT2D eigenvalue weighted by Crippen LogP contribution is 2.26. The lowest BCUT2D eigenvalue weighted by Gasteiger charge is -2.10. The Labute approximate surface area is 214 Å². The zero-order valence-corrected chi connectivity index (χ0v) is 20.7. The molecule has 182 valence electrons. The second kappa shape index (κ2) is 10.5. The molecule has 0 atom stereocenters. The third kappa shape index (κ3) is 5.67. The summed E-state index contributed by atoms with van der Waals surface area (Å²) in [6.07, 6.45) is 4.85. The number of nitro benzene ring substituents is 1. The molecule has 3 aromatic carbocycles. The van der Waals surface area contributed by atoms with E-state index in [4.69, 9.17) is 4.18 Å². The maximum Gasteiger partial charge on any atom is 0.339 e. The van der Waals surface area contributed by atoms with Crippen LogP contribution in [-0.4, -0.2) is 30.0 Å². The Morgan fingerprint density at radius 2 is 1.78 bits per heavy atom. The van der Waals surface area contributed by atoms with Crippen molar-refractivity contribution in [2.45, 2.75) is 4.90 Å². The first kappa shape index (κ1) is 24.8. The number of halogens is 1. The number of nitrogens with one attached hydrogen (secondary N) is 1. The highest BCUT2D eigenvalue weighted by molar-refractivity contribution is 9.10. The summed E-state index contributed by atoms with van der Waals surface area (Å²) in [4.78, 5) is 22.7. The summed E-state index contributed by atoms with van der Waals surface area (Å²) in [5.74, 6) is -0.562. The summed E-state index contributed by atoms with van der Waals surface area (Å²) in [6.45, 7) is 0. The van der Waals surface area contributed by atoms with Crippen LogP contribution in [0, 0.1) is 10.1 Å². The van der Waals surface area contributed by atoms with Crippen LogP contribution in [0.1, 0.15) is 15.9 Å². The summed E-state index contributed by atoms with van der Waals surface area (Å²) in [5, 5.41) is 15.0. The highest BCUT2D eigenvalue weighted by atomic mass is 79.9. The van der Waals surface area contributed by atoms with Gasteiger partial charge in [0.15, 0.2) is 5.75 Å². The van der Waals surface area contributed by atoms with Crippen LogP contribution in [0.15, 0.2) is 106 Å². The summed E-state index contributed by atoms with van der Waals surface area (Å²) < 4.78 is 33.1. The van der Waals surface area contributed by atoms with Gasteiger partial charge in [-0.3, -0.25) is 14.9 Å². The first-order valence-corrected chi connectivity index (χ1v) is 12.5. The molecule has 0 aliphatic heterocycles. The van der Waals surface area contributed by atoms with Gasteiger partial charge in [0, 0.05) is 34.6 Å². The number of nitro groups is 1. The van der Waals surface area contributed by atoms with E-state index in [1.165, 1.54) is 30.5 Å². The molecule has 0 fully saturated rings. The van der Waals surface area contributed by atoms with E-state index < -0.39 is 20.9 Å². The molecule has 1 aromatic heterocycles. The standard InChI is InChI=1S/C24H17BrN4O6S/c25-18-10-11-23(35-36(33,34)20-7-5-6-19(15-20)29(31)32)17(14-18)16-26-27-24(30)21-8-1-2-9-22(21)28-12-3-4-13-28/h1-16H,(H,27,30)/b26-16-. The van der Waals surface area contributed by atoms with Gasteiger partial charge in [-0.1, -0.05) is 34.1 Å². The van der Waals surface area contributed by atoms with Crippen LogP contribution >= 0.6 is 15.9 Å². The predicted octanol–water partition coefficient (Wildman–Crippen LogP) is 4.68. The van der Waals surface area contributed by atoms with E-state index in [-0.39, 0.29) is 21.9 Å². The van der Waals surface area contributed by atoms with Crippen LogP contribution < -0.4 is 9.61 Å². The number of hydrogen-bond donors (Lipinski definition) is 1. The summed E-state index contributed by atoms with van der Waals surface area (Å²) in [6, 6.07) is 19.7. The number of rotatable bonds is 8. The molecular formula is C24H17BrN4O6S. The van der Waals surface area contributed by atoms with Crippen LogP contribution in [-0.2, 0) is 10.1 Å². The van der Waals surface area contributed by atoms with Gasteiger partial charge in [0.2, 0.25) is 0 Å². The van der Waals surface area contributed by atoms with Crippen LogP contribution in [0.2, 0.25) is 0 Å². The van der Waals surface area contributed by atoms with Gasteiger partial charge in [-0.15, -0.1) is 0 Å². The smallest absolute Gasteiger partial charge is 0.339 e. The van der Waals surface area contributed by atoms with Crippen LogP contribution in [0.4, 0.5) is 5.69 Å². The Hall–Kier alpha value is -4.29. The van der Waals surface area contributed by atoms with Gasteiger partial charge >= 0.3 is 10.1 Å². The Kier molecular flexibility index (Phi) is 7.27. The normalized spacial score (nSPS) is 11.4. The number of para-hydroxylation sites is 1. The lowest BCUT2D eigenvalue weighted by atomic mass is 10.1. The van der Waals surface area contributed by atoms with Gasteiger partial charge in [0.1, 0.15) is 4.90 Å². The molecule has 1 amide bonds.